The predicted octanol–water partition coefficient (Wildman–Crippen LogP) is 5.31. The summed E-state index contributed by atoms with van der Waals surface area (Å²) in [6.45, 7) is 0.836. The maximum absolute atomic E-state index is 13.3. The lowest BCUT2D eigenvalue weighted by atomic mass is 10.0. The molecule has 0 unspecified atom stereocenters. The second kappa shape index (κ2) is 8.97. The quantitative estimate of drug-likeness (QED) is 0.319. The van der Waals surface area contributed by atoms with Gasteiger partial charge in [-0.05, 0) is 28.8 Å². The van der Waals surface area contributed by atoms with Crippen molar-refractivity contribution in [1.29, 1.82) is 0 Å². The average Bonchev–Trinajstić information content (AvgIpc) is 3.28. The van der Waals surface area contributed by atoms with Gasteiger partial charge in [-0.3, -0.25) is 0 Å². The van der Waals surface area contributed by atoms with Gasteiger partial charge in [0, 0.05) is 18.0 Å². The molecule has 4 rings (SSSR count). The van der Waals surface area contributed by atoms with E-state index in [4.69, 9.17) is 4.84 Å². The fourth-order valence-corrected chi connectivity index (χ4v) is 2.98. The third kappa shape index (κ3) is 4.96. The van der Waals surface area contributed by atoms with E-state index in [0.717, 1.165) is 16.7 Å². The summed E-state index contributed by atoms with van der Waals surface area (Å²) in [5, 5.41) is 4.32. The lowest BCUT2D eigenvalue weighted by molar-refractivity contribution is 0.130. The van der Waals surface area contributed by atoms with Crippen molar-refractivity contribution in [2.75, 3.05) is 0 Å². The largest absolute Gasteiger partial charge is 0.391 e. The van der Waals surface area contributed by atoms with Crippen LogP contribution in [0.5, 0.6) is 0 Å². The van der Waals surface area contributed by atoms with Crippen LogP contribution in [0.4, 0.5) is 4.39 Å². The molecule has 0 aliphatic heterocycles. The van der Waals surface area contributed by atoms with Crippen LogP contribution in [-0.4, -0.2) is 15.3 Å². The molecular weight excluding hydrogens is 365 g/mol. The second-order valence-electron chi connectivity index (χ2n) is 6.62. The molecule has 1 aromatic heterocycles. The van der Waals surface area contributed by atoms with E-state index in [-0.39, 0.29) is 5.82 Å². The van der Waals surface area contributed by atoms with E-state index in [1.165, 1.54) is 17.7 Å². The smallest absolute Gasteiger partial charge is 0.142 e. The van der Waals surface area contributed by atoms with Crippen LogP contribution < -0.4 is 0 Å². The number of hydrogen-bond acceptors (Lipinski definition) is 3. The van der Waals surface area contributed by atoms with Crippen LogP contribution in [0.2, 0.25) is 0 Å². The maximum Gasteiger partial charge on any atom is 0.142 e. The first-order chi connectivity index (χ1) is 14.3. The molecule has 0 saturated carbocycles. The van der Waals surface area contributed by atoms with E-state index in [2.05, 4.69) is 34.4 Å². The molecule has 144 valence electrons. The first-order valence-electron chi connectivity index (χ1n) is 9.33. The van der Waals surface area contributed by atoms with Crippen molar-refractivity contribution in [3.8, 4) is 11.1 Å². The highest BCUT2D eigenvalue weighted by Crippen LogP contribution is 2.19. The van der Waals surface area contributed by atoms with Gasteiger partial charge in [0.15, 0.2) is 0 Å². The topological polar surface area (TPSA) is 39.4 Å². The van der Waals surface area contributed by atoms with Gasteiger partial charge in [0.2, 0.25) is 0 Å². The van der Waals surface area contributed by atoms with E-state index in [9.17, 15) is 4.39 Å². The highest BCUT2D eigenvalue weighted by Gasteiger charge is 2.07. The summed E-state index contributed by atoms with van der Waals surface area (Å²) in [6, 6.07) is 24.7. The fraction of sp³-hybridized carbons (Fsp3) is 0.0833. The van der Waals surface area contributed by atoms with Gasteiger partial charge in [0.1, 0.15) is 18.1 Å². The fourth-order valence-electron chi connectivity index (χ4n) is 2.98. The molecule has 0 radical (unpaired) electrons. The van der Waals surface area contributed by atoms with Crippen LogP contribution >= 0.6 is 0 Å². The minimum atomic E-state index is -0.282. The van der Waals surface area contributed by atoms with Gasteiger partial charge in [-0.25, -0.2) is 9.37 Å². The molecule has 0 spiro atoms. The third-order valence-corrected chi connectivity index (χ3v) is 4.54. The van der Waals surface area contributed by atoms with Crippen molar-refractivity contribution < 1.29 is 9.23 Å². The van der Waals surface area contributed by atoms with E-state index in [1.807, 2.05) is 41.1 Å². The average molecular weight is 385 g/mol. The molecule has 0 amide bonds. The van der Waals surface area contributed by atoms with Crippen LogP contribution in [0.15, 0.2) is 103 Å². The summed E-state index contributed by atoms with van der Waals surface area (Å²) in [7, 11) is 0. The van der Waals surface area contributed by atoms with E-state index in [0.29, 0.717) is 18.9 Å². The number of imidazole rings is 1. The molecule has 4 nitrogen and oxygen atoms in total. The van der Waals surface area contributed by atoms with Gasteiger partial charge in [-0.1, -0.05) is 71.9 Å². The zero-order chi connectivity index (χ0) is 19.9. The summed E-state index contributed by atoms with van der Waals surface area (Å²) in [4.78, 5) is 9.67. The standard InChI is InChI=1S/C24H20FN3O/c25-23-12-10-22(11-13-23)24(16-28-15-14-26-18-28)27-29-17-19-6-8-21(9-7-19)20-4-2-1-3-5-20/h1-15,18H,16-17H2/b27-24-. The maximum atomic E-state index is 13.3. The van der Waals surface area contributed by atoms with Gasteiger partial charge < -0.3 is 9.40 Å². The molecular formula is C24H20FN3O. The number of aromatic nitrogens is 2. The molecule has 3 aromatic carbocycles. The molecule has 4 aromatic rings. The van der Waals surface area contributed by atoms with Crippen molar-refractivity contribution in [2.45, 2.75) is 13.2 Å². The number of oxime groups is 1. The molecule has 0 aliphatic carbocycles. The summed E-state index contributed by atoms with van der Waals surface area (Å²) in [5.74, 6) is -0.282. The van der Waals surface area contributed by atoms with Gasteiger partial charge in [-0.15, -0.1) is 0 Å². The van der Waals surface area contributed by atoms with Crippen LogP contribution in [-0.2, 0) is 18.0 Å². The summed E-state index contributed by atoms with van der Waals surface area (Å²) >= 11 is 0. The summed E-state index contributed by atoms with van der Waals surface area (Å²) < 4.78 is 15.2. The second-order valence-corrected chi connectivity index (χ2v) is 6.62. The molecule has 5 heteroatoms. The Kier molecular flexibility index (Phi) is 5.76. The van der Waals surface area contributed by atoms with Gasteiger partial charge >= 0.3 is 0 Å². The number of benzene rings is 3. The Balaban J connectivity index is 1.46. The number of hydrogen-bond donors (Lipinski definition) is 0. The molecule has 0 fully saturated rings. The Morgan fingerprint density at radius 2 is 1.62 bits per heavy atom. The van der Waals surface area contributed by atoms with Gasteiger partial charge in [0.05, 0.1) is 12.9 Å². The zero-order valence-electron chi connectivity index (χ0n) is 15.8. The normalized spacial score (nSPS) is 11.4. The van der Waals surface area contributed by atoms with Crippen molar-refractivity contribution in [3.63, 3.8) is 0 Å². The summed E-state index contributed by atoms with van der Waals surface area (Å²) in [5.41, 5.74) is 4.86. The highest BCUT2D eigenvalue weighted by molar-refractivity contribution is 6.00. The molecule has 0 saturated heterocycles. The first kappa shape index (κ1) is 18.6. The number of halogens is 1. The highest BCUT2D eigenvalue weighted by atomic mass is 19.1. The van der Waals surface area contributed by atoms with E-state index < -0.39 is 0 Å². The van der Waals surface area contributed by atoms with Crippen LogP contribution in [0.3, 0.4) is 0 Å². The third-order valence-electron chi connectivity index (χ3n) is 4.54. The van der Waals surface area contributed by atoms with Crippen LogP contribution in [0.1, 0.15) is 11.1 Å². The van der Waals surface area contributed by atoms with E-state index >= 15 is 0 Å². The molecule has 0 aliphatic rings. The van der Waals surface area contributed by atoms with E-state index in [1.54, 1.807) is 24.7 Å². The van der Waals surface area contributed by atoms with Crippen molar-refractivity contribution in [2.24, 2.45) is 5.16 Å². The summed E-state index contributed by atoms with van der Waals surface area (Å²) in [6.07, 6.45) is 5.26. The van der Waals surface area contributed by atoms with Crippen molar-refractivity contribution in [1.82, 2.24) is 9.55 Å². The van der Waals surface area contributed by atoms with Gasteiger partial charge in [-0.2, -0.15) is 0 Å². The SMILES string of the molecule is Fc1ccc(/C(Cn2ccnc2)=N\OCc2ccc(-c3ccccc3)cc2)cc1. The zero-order valence-corrected chi connectivity index (χ0v) is 15.8. The van der Waals surface area contributed by atoms with Crippen molar-refractivity contribution >= 4 is 5.71 Å². The molecule has 0 bridgehead atoms. The molecule has 1 heterocycles. The Labute approximate surface area is 168 Å². The lowest BCUT2D eigenvalue weighted by Gasteiger charge is -2.09. The molecule has 0 N–H and O–H groups in total. The lowest BCUT2D eigenvalue weighted by Crippen LogP contribution is -2.11. The van der Waals surface area contributed by atoms with Gasteiger partial charge in [0.25, 0.3) is 0 Å². The Morgan fingerprint density at radius 1 is 0.897 bits per heavy atom. The minimum Gasteiger partial charge on any atom is -0.391 e. The Morgan fingerprint density at radius 3 is 2.31 bits per heavy atom. The minimum absolute atomic E-state index is 0.282. The molecule has 29 heavy (non-hydrogen) atoms. The number of rotatable bonds is 7. The predicted molar refractivity (Wildman–Crippen MR) is 112 cm³/mol. The van der Waals surface area contributed by atoms with Crippen LogP contribution in [0.25, 0.3) is 11.1 Å². The van der Waals surface area contributed by atoms with Crippen LogP contribution in [0, 0.1) is 5.82 Å². The monoisotopic (exact) mass is 385 g/mol. The molecule has 0 atom stereocenters. The first-order valence-corrected chi connectivity index (χ1v) is 9.33. The Hall–Kier alpha value is -3.73. The Bertz CT molecular complexity index is 1060. The number of nitrogens with zero attached hydrogens (tertiary/aromatic N) is 3. The van der Waals surface area contributed by atoms with Crippen molar-refractivity contribution in [3.05, 3.63) is 115 Å².